The highest BCUT2D eigenvalue weighted by molar-refractivity contribution is 5.45. The summed E-state index contributed by atoms with van der Waals surface area (Å²) in [6, 6.07) is 8.13. The third kappa shape index (κ3) is 7.30. The Hall–Kier alpha value is -2.00. The second-order valence-electron chi connectivity index (χ2n) is 3.82. The van der Waals surface area contributed by atoms with Gasteiger partial charge in [-0.25, -0.2) is 0 Å². The van der Waals surface area contributed by atoms with Gasteiger partial charge in [0.2, 0.25) is 0 Å². The fourth-order valence-electron chi connectivity index (χ4n) is 1.07. The minimum absolute atomic E-state index is 0.795. The van der Waals surface area contributed by atoms with Crippen LogP contribution >= 0.6 is 0 Å². The van der Waals surface area contributed by atoms with Crippen molar-refractivity contribution in [3.63, 3.8) is 0 Å². The van der Waals surface area contributed by atoms with Gasteiger partial charge in [-0.15, -0.1) is 0 Å². The fraction of sp³-hybridized carbons (Fsp3) is 0.222. The zero-order valence-electron chi connectivity index (χ0n) is 11.9. The molecule has 0 fully saturated rings. The van der Waals surface area contributed by atoms with Crippen LogP contribution in [0.5, 0.6) is 0 Å². The van der Waals surface area contributed by atoms with Crippen molar-refractivity contribution in [3.8, 4) is 11.8 Å². The van der Waals surface area contributed by atoms with Gasteiger partial charge in [0, 0.05) is 11.1 Å². The van der Waals surface area contributed by atoms with Crippen molar-refractivity contribution in [2.24, 2.45) is 0 Å². The van der Waals surface area contributed by atoms with E-state index in [1.807, 2.05) is 45.1 Å². The lowest BCUT2D eigenvalue weighted by molar-refractivity contribution is 1.46. The van der Waals surface area contributed by atoms with Crippen LogP contribution in [-0.4, -0.2) is 0 Å². The number of rotatable bonds is 2. The maximum atomic E-state index is 3.86. The van der Waals surface area contributed by atoms with Gasteiger partial charge in [-0.3, -0.25) is 0 Å². The molecule has 0 N–H and O–H groups in total. The first-order valence-electron chi connectivity index (χ1n) is 6.19. The summed E-state index contributed by atoms with van der Waals surface area (Å²) >= 11 is 0. The van der Waals surface area contributed by atoms with Crippen LogP contribution in [0.4, 0.5) is 0 Å². The van der Waals surface area contributed by atoms with E-state index in [2.05, 4.69) is 44.1 Å². The van der Waals surface area contributed by atoms with Crippen LogP contribution in [0.3, 0.4) is 0 Å². The molecule has 1 rings (SSSR count). The fourth-order valence-corrected chi connectivity index (χ4v) is 1.07. The van der Waals surface area contributed by atoms with E-state index < -0.39 is 0 Å². The molecule has 1 aromatic rings. The summed E-state index contributed by atoms with van der Waals surface area (Å²) < 4.78 is 0. The Bertz CT molecular complexity index is 473. The van der Waals surface area contributed by atoms with Gasteiger partial charge >= 0.3 is 0 Å². The molecule has 1 aromatic carbocycles. The van der Waals surface area contributed by atoms with Gasteiger partial charge in [-0.2, -0.15) is 0 Å². The van der Waals surface area contributed by atoms with E-state index in [-0.39, 0.29) is 0 Å². The summed E-state index contributed by atoms with van der Waals surface area (Å²) in [5.41, 5.74) is 4.05. The van der Waals surface area contributed by atoms with Crippen LogP contribution in [0.25, 0.3) is 0 Å². The molecular formula is C18H22. The molecule has 0 bridgehead atoms. The molecule has 0 amide bonds. The van der Waals surface area contributed by atoms with E-state index in [0.717, 1.165) is 16.7 Å². The standard InChI is InChI=1S/C16H16.C2H6/c1-13(2)5-6-14(3)7-10-16-11-8-15(4)9-12-16;1-2/h5-6,8-9,11-12H,1,3H2,2,4H3;1-2H3/b6-5-;. The third-order valence-corrected chi connectivity index (χ3v) is 1.99. The van der Waals surface area contributed by atoms with Gasteiger partial charge in [0.25, 0.3) is 0 Å². The molecular weight excluding hydrogens is 216 g/mol. The lowest BCUT2D eigenvalue weighted by Gasteiger charge is -1.91. The Labute approximate surface area is 112 Å². The van der Waals surface area contributed by atoms with Crippen LogP contribution in [0.15, 0.2) is 60.7 Å². The van der Waals surface area contributed by atoms with Gasteiger partial charge in [0.05, 0.1) is 0 Å². The van der Waals surface area contributed by atoms with Crippen LogP contribution in [0, 0.1) is 18.8 Å². The molecule has 0 radical (unpaired) electrons. The van der Waals surface area contributed by atoms with E-state index in [0.29, 0.717) is 0 Å². The van der Waals surface area contributed by atoms with Crippen molar-refractivity contribution in [1.82, 2.24) is 0 Å². The van der Waals surface area contributed by atoms with Crippen LogP contribution in [-0.2, 0) is 0 Å². The lowest BCUT2D eigenvalue weighted by atomic mass is 10.1. The first-order valence-corrected chi connectivity index (χ1v) is 6.19. The molecule has 18 heavy (non-hydrogen) atoms. The maximum Gasteiger partial charge on any atom is 0.0249 e. The van der Waals surface area contributed by atoms with Gasteiger partial charge in [-0.05, 0) is 32.1 Å². The normalized spacial score (nSPS) is 8.89. The molecule has 0 spiro atoms. The predicted octanol–water partition coefficient (Wildman–Crippen LogP) is 5.06. The first-order chi connectivity index (χ1) is 8.58. The van der Waals surface area contributed by atoms with Crippen LogP contribution < -0.4 is 0 Å². The largest absolute Gasteiger partial charge is 0.0961 e. The molecule has 0 aromatic heterocycles. The second-order valence-corrected chi connectivity index (χ2v) is 3.82. The van der Waals surface area contributed by atoms with E-state index >= 15 is 0 Å². The smallest absolute Gasteiger partial charge is 0.0249 e. The zero-order valence-corrected chi connectivity index (χ0v) is 11.9. The molecule has 0 aliphatic rings. The Balaban J connectivity index is 0.00000137. The quantitative estimate of drug-likeness (QED) is 0.499. The van der Waals surface area contributed by atoms with Crippen molar-refractivity contribution in [3.05, 3.63) is 71.8 Å². The summed E-state index contributed by atoms with van der Waals surface area (Å²) in [4.78, 5) is 0. The lowest BCUT2D eigenvalue weighted by Crippen LogP contribution is -1.76. The van der Waals surface area contributed by atoms with Crippen molar-refractivity contribution in [1.29, 1.82) is 0 Å². The van der Waals surface area contributed by atoms with Crippen molar-refractivity contribution >= 4 is 0 Å². The Morgan fingerprint density at radius 3 is 2.11 bits per heavy atom. The second kappa shape index (κ2) is 9.07. The molecule has 94 valence electrons. The molecule has 0 heterocycles. The van der Waals surface area contributed by atoms with Crippen molar-refractivity contribution < 1.29 is 0 Å². The predicted molar refractivity (Wildman–Crippen MR) is 82.5 cm³/mol. The SMILES string of the molecule is C=C(C)/C=C\C(=C)C#Cc1ccc(C)cc1.CC. The minimum Gasteiger partial charge on any atom is -0.0961 e. The van der Waals surface area contributed by atoms with Gasteiger partial charge in [0.15, 0.2) is 0 Å². The molecule has 0 saturated carbocycles. The number of benzene rings is 1. The van der Waals surface area contributed by atoms with E-state index in [1.165, 1.54) is 5.56 Å². The van der Waals surface area contributed by atoms with Crippen LogP contribution in [0.2, 0.25) is 0 Å². The van der Waals surface area contributed by atoms with E-state index in [9.17, 15) is 0 Å². The number of hydrogen-bond acceptors (Lipinski definition) is 0. The van der Waals surface area contributed by atoms with Crippen LogP contribution in [0.1, 0.15) is 31.9 Å². The summed E-state index contributed by atoms with van der Waals surface area (Å²) in [7, 11) is 0. The molecule has 0 saturated heterocycles. The Morgan fingerprint density at radius 2 is 1.61 bits per heavy atom. The van der Waals surface area contributed by atoms with Gasteiger partial charge in [-0.1, -0.05) is 68.2 Å². The number of allylic oxidation sites excluding steroid dienone is 4. The van der Waals surface area contributed by atoms with E-state index in [1.54, 1.807) is 0 Å². The topological polar surface area (TPSA) is 0 Å². The number of hydrogen-bond donors (Lipinski definition) is 0. The summed E-state index contributed by atoms with van der Waals surface area (Å²) in [6.45, 7) is 15.6. The molecule has 0 atom stereocenters. The van der Waals surface area contributed by atoms with Crippen molar-refractivity contribution in [2.45, 2.75) is 27.7 Å². The average Bonchev–Trinajstić information content (AvgIpc) is 2.38. The van der Waals surface area contributed by atoms with Gasteiger partial charge in [0.1, 0.15) is 0 Å². The average molecular weight is 238 g/mol. The highest BCUT2D eigenvalue weighted by Crippen LogP contribution is 2.02. The third-order valence-electron chi connectivity index (χ3n) is 1.99. The summed E-state index contributed by atoms with van der Waals surface area (Å²) in [5.74, 6) is 6.07. The highest BCUT2D eigenvalue weighted by atomic mass is 13.9. The minimum atomic E-state index is 0.795. The Morgan fingerprint density at radius 1 is 1.06 bits per heavy atom. The molecule has 0 heteroatoms. The summed E-state index contributed by atoms with van der Waals surface area (Å²) in [6.07, 6.45) is 3.79. The number of aryl methyl sites for hydroxylation is 1. The molecule has 0 nitrogen and oxygen atoms in total. The molecule has 0 unspecified atom stereocenters. The van der Waals surface area contributed by atoms with Crippen molar-refractivity contribution in [2.75, 3.05) is 0 Å². The Kier molecular flexibility index (Phi) is 8.07. The zero-order chi connectivity index (χ0) is 14.0. The van der Waals surface area contributed by atoms with Gasteiger partial charge < -0.3 is 0 Å². The monoisotopic (exact) mass is 238 g/mol. The molecule has 0 aliphatic heterocycles. The summed E-state index contributed by atoms with van der Waals surface area (Å²) in [5, 5.41) is 0. The maximum absolute atomic E-state index is 3.86. The first kappa shape index (κ1) is 16.0. The highest BCUT2D eigenvalue weighted by Gasteiger charge is 1.86. The van der Waals surface area contributed by atoms with E-state index in [4.69, 9.17) is 0 Å². The molecule has 0 aliphatic carbocycles.